The van der Waals surface area contributed by atoms with Crippen LogP contribution >= 0.6 is 23.6 Å². The zero-order valence-corrected chi connectivity index (χ0v) is 20.6. The van der Waals surface area contributed by atoms with Crippen molar-refractivity contribution in [2.45, 2.75) is 0 Å². The average Bonchev–Trinajstić information content (AvgIpc) is 3.33. The number of nitro benzene ring substituents is 1. The van der Waals surface area contributed by atoms with E-state index in [1.54, 1.807) is 23.5 Å². The van der Waals surface area contributed by atoms with Gasteiger partial charge in [-0.15, -0.1) is 11.3 Å². The molecule has 0 atom stereocenters. The van der Waals surface area contributed by atoms with E-state index in [1.165, 1.54) is 6.07 Å². The fourth-order valence-electron chi connectivity index (χ4n) is 3.98. The number of aromatic nitrogens is 1. The van der Waals surface area contributed by atoms with Crippen LogP contribution in [0.15, 0.2) is 66.7 Å². The minimum absolute atomic E-state index is 0.0773. The van der Waals surface area contributed by atoms with Gasteiger partial charge in [-0.25, -0.2) is 4.98 Å². The fraction of sp³-hybridized carbons (Fsp3) is 0.160. The number of hydrogen-bond acceptors (Lipinski definition) is 8. The van der Waals surface area contributed by atoms with E-state index in [2.05, 4.69) is 10.6 Å². The molecule has 0 bridgehead atoms. The van der Waals surface area contributed by atoms with Crippen LogP contribution in [0, 0.1) is 10.1 Å². The van der Waals surface area contributed by atoms with Crippen LogP contribution < -0.4 is 15.5 Å². The lowest BCUT2D eigenvalue weighted by Crippen LogP contribution is -2.37. The second kappa shape index (κ2) is 10.4. The van der Waals surface area contributed by atoms with E-state index in [0.29, 0.717) is 37.7 Å². The summed E-state index contributed by atoms with van der Waals surface area (Å²) in [6, 6.07) is 19.9. The van der Waals surface area contributed by atoms with Gasteiger partial charge in [-0.2, -0.15) is 0 Å². The van der Waals surface area contributed by atoms with Crippen LogP contribution in [0.25, 0.3) is 20.8 Å². The Bertz CT molecular complexity index is 1430. The van der Waals surface area contributed by atoms with Gasteiger partial charge in [0, 0.05) is 30.3 Å². The normalized spacial score (nSPS) is 13.4. The standard InChI is InChI=1S/C25H21N5O4S2/c31-23(16-9-10-20(21(15-16)30(32)33)29-11-13-34-14-12-29)28-25(35)27-18-6-2-1-5-17(18)24-26-19-7-3-4-8-22(19)36-24/h1-10,15H,11-14H2,(H2,27,28,31,35). The van der Waals surface area contributed by atoms with Gasteiger partial charge in [0.15, 0.2) is 5.11 Å². The summed E-state index contributed by atoms with van der Waals surface area (Å²) in [4.78, 5) is 30.7. The molecule has 5 rings (SSSR count). The molecule has 4 aromatic rings. The Morgan fingerprint density at radius 1 is 1.08 bits per heavy atom. The average molecular weight is 520 g/mol. The second-order valence-electron chi connectivity index (χ2n) is 8.00. The summed E-state index contributed by atoms with van der Waals surface area (Å²) >= 11 is 6.95. The number of morpholine rings is 1. The number of rotatable bonds is 5. The number of ether oxygens (including phenoxy) is 1. The van der Waals surface area contributed by atoms with Gasteiger partial charge in [0.1, 0.15) is 10.7 Å². The summed E-state index contributed by atoms with van der Waals surface area (Å²) in [5, 5.41) is 18.3. The Morgan fingerprint density at radius 3 is 2.61 bits per heavy atom. The molecule has 1 aromatic heterocycles. The topological polar surface area (TPSA) is 110 Å². The molecule has 182 valence electrons. The third kappa shape index (κ3) is 5.03. The fourth-order valence-corrected chi connectivity index (χ4v) is 5.19. The lowest BCUT2D eigenvalue weighted by atomic mass is 10.1. The van der Waals surface area contributed by atoms with Crippen molar-refractivity contribution in [1.82, 2.24) is 10.3 Å². The number of carbonyl (C=O) groups is 1. The van der Waals surface area contributed by atoms with Crippen molar-refractivity contribution in [1.29, 1.82) is 0 Å². The number of benzene rings is 3. The smallest absolute Gasteiger partial charge is 0.293 e. The number of amides is 1. The zero-order valence-electron chi connectivity index (χ0n) is 19.0. The quantitative estimate of drug-likeness (QED) is 0.219. The van der Waals surface area contributed by atoms with Gasteiger partial charge in [-0.3, -0.25) is 20.2 Å². The third-order valence-electron chi connectivity index (χ3n) is 5.71. The number of anilines is 2. The van der Waals surface area contributed by atoms with Gasteiger partial charge < -0.3 is 15.0 Å². The van der Waals surface area contributed by atoms with Gasteiger partial charge in [0.25, 0.3) is 11.6 Å². The Labute approximate surface area is 215 Å². The molecule has 9 nitrogen and oxygen atoms in total. The van der Waals surface area contributed by atoms with Gasteiger partial charge in [0.2, 0.25) is 0 Å². The number of hydrogen-bond donors (Lipinski definition) is 2. The van der Waals surface area contributed by atoms with Gasteiger partial charge in [0.05, 0.1) is 34.0 Å². The first-order chi connectivity index (χ1) is 17.5. The number of thiocarbonyl (C=S) groups is 1. The maximum atomic E-state index is 12.9. The van der Waals surface area contributed by atoms with E-state index in [0.717, 1.165) is 20.8 Å². The van der Waals surface area contributed by atoms with Crippen molar-refractivity contribution in [2.24, 2.45) is 0 Å². The summed E-state index contributed by atoms with van der Waals surface area (Å²) in [5.41, 5.74) is 2.92. The van der Waals surface area contributed by atoms with Crippen LogP contribution in [-0.2, 0) is 4.74 Å². The largest absolute Gasteiger partial charge is 0.378 e. The number of nitrogens with one attached hydrogen (secondary N) is 2. The first-order valence-electron chi connectivity index (χ1n) is 11.2. The summed E-state index contributed by atoms with van der Waals surface area (Å²) in [5.74, 6) is -0.540. The van der Waals surface area contributed by atoms with Gasteiger partial charge in [-0.1, -0.05) is 24.3 Å². The molecular weight excluding hydrogens is 498 g/mol. The summed E-state index contributed by atoms with van der Waals surface area (Å²) < 4.78 is 6.40. The molecule has 1 fully saturated rings. The highest BCUT2D eigenvalue weighted by atomic mass is 32.1. The van der Waals surface area contributed by atoms with Crippen LogP contribution in [0.3, 0.4) is 0 Å². The molecule has 1 aliphatic rings. The van der Waals surface area contributed by atoms with Crippen LogP contribution in [0.4, 0.5) is 17.1 Å². The van der Waals surface area contributed by atoms with E-state index in [9.17, 15) is 14.9 Å². The number of fused-ring (bicyclic) bond motifs is 1. The molecule has 1 aliphatic heterocycles. The lowest BCUT2D eigenvalue weighted by molar-refractivity contribution is -0.384. The van der Waals surface area contributed by atoms with Gasteiger partial charge >= 0.3 is 0 Å². The number of nitro groups is 1. The minimum atomic E-state index is -0.540. The SMILES string of the molecule is O=C(NC(=S)Nc1ccccc1-c1nc2ccccc2s1)c1ccc(N2CCOCC2)c([N+](=O)[O-])c1. The highest BCUT2D eigenvalue weighted by Gasteiger charge is 2.23. The predicted octanol–water partition coefficient (Wildman–Crippen LogP) is 4.83. The maximum absolute atomic E-state index is 12.9. The summed E-state index contributed by atoms with van der Waals surface area (Å²) in [6.07, 6.45) is 0. The Kier molecular flexibility index (Phi) is 6.85. The molecule has 2 N–H and O–H groups in total. The first-order valence-corrected chi connectivity index (χ1v) is 12.4. The molecule has 0 unspecified atom stereocenters. The molecule has 11 heteroatoms. The Morgan fingerprint density at radius 2 is 1.83 bits per heavy atom. The number of nitrogens with zero attached hydrogens (tertiary/aromatic N) is 3. The molecule has 0 aliphatic carbocycles. The second-order valence-corrected chi connectivity index (χ2v) is 9.44. The van der Waals surface area contributed by atoms with Crippen molar-refractivity contribution in [3.63, 3.8) is 0 Å². The molecule has 1 saturated heterocycles. The van der Waals surface area contributed by atoms with Crippen molar-refractivity contribution in [2.75, 3.05) is 36.5 Å². The Balaban J connectivity index is 1.33. The Hall–Kier alpha value is -3.93. The highest BCUT2D eigenvalue weighted by molar-refractivity contribution is 7.80. The molecule has 36 heavy (non-hydrogen) atoms. The maximum Gasteiger partial charge on any atom is 0.293 e. The highest BCUT2D eigenvalue weighted by Crippen LogP contribution is 2.34. The van der Waals surface area contributed by atoms with E-state index < -0.39 is 10.8 Å². The van der Waals surface area contributed by atoms with E-state index in [1.807, 2.05) is 53.4 Å². The molecule has 0 radical (unpaired) electrons. The summed E-state index contributed by atoms with van der Waals surface area (Å²) in [6.45, 7) is 2.10. The van der Waals surface area contributed by atoms with Crippen LogP contribution in [-0.4, -0.2) is 47.2 Å². The molecular formula is C25H21N5O4S2. The van der Waals surface area contributed by atoms with Crippen molar-refractivity contribution >= 4 is 61.9 Å². The molecule has 0 saturated carbocycles. The number of para-hydroxylation sites is 2. The van der Waals surface area contributed by atoms with Crippen LogP contribution in [0.5, 0.6) is 0 Å². The molecule has 3 aromatic carbocycles. The lowest BCUT2D eigenvalue weighted by Gasteiger charge is -2.28. The number of thiazole rings is 1. The van der Waals surface area contributed by atoms with Crippen molar-refractivity contribution in [3.05, 3.63) is 82.4 Å². The molecule has 0 spiro atoms. The first kappa shape index (κ1) is 23.8. The minimum Gasteiger partial charge on any atom is -0.378 e. The van der Waals surface area contributed by atoms with E-state index in [4.69, 9.17) is 21.9 Å². The monoisotopic (exact) mass is 519 g/mol. The molecule has 1 amide bonds. The van der Waals surface area contributed by atoms with E-state index in [-0.39, 0.29) is 16.4 Å². The summed E-state index contributed by atoms with van der Waals surface area (Å²) in [7, 11) is 0. The van der Waals surface area contributed by atoms with E-state index >= 15 is 0 Å². The van der Waals surface area contributed by atoms with Gasteiger partial charge in [-0.05, 0) is 48.6 Å². The van der Waals surface area contributed by atoms with Crippen molar-refractivity contribution in [3.8, 4) is 10.6 Å². The van der Waals surface area contributed by atoms with Crippen molar-refractivity contribution < 1.29 is 14.5 Å². The zero-order chi connectivity index (χ0) is 25.1. The van der Waals surface area contributed by atoms with Crippen LogP contribution in [0.1, 0.15) is 10.4 Å². The van der Waals surface area contributed by atoms with Crippen LogP contribution in [0.2, 0.25) is 0 Å². The third-order valence-corrected chi connectivity index (χ3v) is 6.99. The predicted molar refractivity (Wildman–Crippen MR) is 145 cm³/mol. The molecule has 2 heterocycles. The number of carbonyl (C=O) groups excluding carboxylic acids is 1.